The molecule has 2 aromatic rings. The Hall–Kier alpha value is -2.08. The molecular weight excluding hydrogens is 328 g/mol. The van der Waals surface area contributed by atoms with Crippen LogP contribution in [-0.4, -0.2) is 55.6 Å². The van der Waals surface area contributed by atoms with Gasteiger partial charge < -0.3 is 19.5 Å². The quantitative estimate of drug-likeness (QED) is 0.912. The van der Waals surface area contributed by atoms with Gasteiger partial charge in [0.2, 0.25) is 5.91 Å². The number of hydrogen-bond acceptors (Lipinski definition) is 5. The van der Waals surface area contributed by atoms with E-state index in [4.69, 9.17) is 4.42 Å². The van der Waals surface area contributed by atoms with Gasteiger partial charge in [0.05, 0.1) is 0 Å². The molecule has 1 aromatic carbocycles. The molecule has 2 aliphatic rings. The van der Waals surface area contributed by atoms with Gasteiger partial charge in [-0.15, -0.1) is 0 Å². The molecule has 6 nitrogen and oxygen atoms in total. The van der Waals surface area contributed by atoms with E-state index in [2.05, 4.69) is 20.1 Å². The third-order valence-corrected chi connectivity index (χ3v) is 5.72. The average Bonchev–Trinajstić information content (AvgIpc) is 3.12. The van der Waals surface area contributed by atoms with Crippen molar-refractivity contribution < 1.29 is 9.21 Å². The molecule has 1 amide bonds. The summed E-state index contributed by atoms with van der Waals surface area (Å²) >= 11 is 0. The van der Waals surface area contributed by atoms with Gasteiger partial charge in [-0.3, -0.25) is 4.79 Å². The summed E-state index contributed by atoms with van der Waals surface area (Å²) in [6.45, 7) is 4.49. The van der Waals surface area contributed by atoms with Gasteiger partial charge in [0, 0.05) is 32.1 Å². The highest BCUT2D eigenvalue weighted by Gasteiger charge is 2.32. The molecule has 2 aliphatic heterocycles. The molecular formula is C20H28N4O2. The van der Waals surface area contributed by atoms with E-state index in [9.17, 15) is 4.79 Å². The lowest BCUT2D eigenvalue weighted by Crippen LogP contribution is -2.47. The summed E-state index contributed by atoms with van der Waals surface area (Å²) in [5, 5.41) is 3.25. The van der Waals surface area contributed by atoms with E-state index in [0.717, 1.165) is 63.1 Å². The molecule has 6 heteroatoms. The summed E-state index contributed by atoms with van der Waals surface area (Å²) in [5.41, 5.74) is 1.72. The minimum Gasteiger partial charge on any atom is -0.423 e. The molecule has 0 radical (unpaired) electrons. The number of hydrogen-bond donors (Lipinski definition) is 1. The maximum atomic E-state index is 12.9. The minimum absolute atomic E-state index is 0.143. The van der Waals surface area contributed by atoms with Gasteiger partial charge in [-0.05, 0) is 57.3 Å². The van der Waals surface area contributed by atoms with E-state index in [1.165, 1.54) is 6.42 Å². The molecule has 26 heavy (non-hydrogen) atoms. The minimum atomic E-state index is 0.143. The second-order valence-corrected chi connectivity index (χ2v) is 7.58. The predicted molar refractivity (Wildman–Crippen MR) is 102 cm³/mol. The van der Waals surface area contributed by atoms with Crippen LogP contribution < -0.4 is 10.2 Å². The van der Waals surface area contributed by atoms with Gasteiger partial charge in [-0.2, -0.15) is 4.98 Å². The second kappa shape index (κ2) is 7.66. The number of carbonyl (C=O) groups is 1. The van der Waals surface area contributed by atoms with Crippen molar-refractivity contribution in [3.63, 3.8) is 0 Å². The van der Waals surface area contributed by atoms with Crippen LogP contribution in [0.3, 0.4) is 0 Å². The van der Waals surface area contributed by atoms with Crippen LogP contribution in [0.1, 0.15) is 25.7 Å². The molecule has 3 heterocycles. The third-order valence-electron chi connectivity index (χ3n) is 5.72. The number of likely N-dealkylation sites (tertiary alicyclic amines) is 1. The molecule has 0 aliphatic carbocycles. The van der Waals surface area contributed by atoms with Gasteiger partial charge in [0.15, 0.2) is 5.58 Å². The maximum Gasteiger partial charge on any atom is 0.298 e. The Kier molecular flexibility index (Phi) is 5.11. The first-order valence-corrected chi connectivity index (χ1v) is 9.78. The van der Waals surface area contributed by atoms with E-state index in [1.807, 2.05) is 31.3 Å². The Balaban J connectivity index is 1.34. The standard InChI is InChI=1S/C20H28N4O2/c1-21-13-15-5-4-10-24(14-15)19(25)16-8-11-23(12-9-16)20-22-17-6-2-3-7-18(17)26-20/h2-3,6-7,15-16,21H,4-5,8-14H2,1H3. The third kappa shape index (κ3) is 3.56. The van der Waals surface area contributed by atoms with Crippen LogP contribution in [0.25, 0.3) is 11.1 Å². The first kappa shape index (κ1) is 17.3. The number of benzene rings is 1. The normalized spacial score (nSPS) is 22.1. The van der Waals surface area contributed by atoms with E-state index >= 15 is 0 Å². The topological polar surface area (TPSA) is 61.6 Å². The van der Waals surface area contributed by atoms with Crippen LogP contribution in [0.15, 0.2) is 28.7 Å². The highest BCUT2D eigenvalue weighted by Crippen LogP contribution is 2.28. The number of para-hydroxylation sites is 2. The van der Waals surface area contributed by atoms with Crippen molar-refractivity contribution in [1.29, 1.82) is 0 Å². The van der Waals surface area contributed by atoms with Crippen LogP contribution in [0.4, 0.5) is 6.01 Å². The molecule has 1 unspecified atom stereocenters. The Labute approximate surface area is 154 Å². The molecule has 140 valence electrons. The fourth-order valence-electron chi connectivity index (χ4n) is 4.29. The van der Waals surface area contributed by atoms with Gasteiger partial charge in [0.25, 0.3) is 6.01 Å². The predicted octanol–water partition coefficient (Wildman–Crippen LogP) is 2.50. The van der Waals surface area contributed by atoms with Crippen LogP contribution >= 0.6 is 0 Å². The highest BCUT2D eigenvalue weighted by molar-refractivity contribution is 5.79. The molecule has 0 bridgehead atoms. The van der Waals surface area contributed by atoms with E-state index < -0.39 is 0 Å². The number of nitrogens with zero attached hydrogens (tertiary/aromatic N) is 3. The molecule has 1 aromatic heterocycles. The highest BCUT2D eigenvalue weighted by atomic mass is 16.4. The zero-order valence-electron chi connectivity index (χ0n) is 15.5. The summed E-state index contributed by atoms with van der Waals surface area (Å²) in [5.74, 6) is 1.09. The second-order valence-electron chi connectivity index (χ2n) is 7.58. The fraction of sp³-hybridized carbons (Fsp3) is 0.600. The largest absolute Gasteiger partial charge is 0.423 e. The molecule has 2 fully saturated rings. The van der Waals surface area contributed by atoms with Crippen molar-refractivity contribution >= 4 is 23.0 Å². The van der Waals surface area contributed by atoms with Gasteiger partial charge >= 0.3 is 0 Å². The van der Waals surface area contributed by atoms with Crippen molar-refractivity contribution in [3.05, 3.63) is 24.3 Å². The number of fused-ring (bicyclic) bond motifs is 1. The van der Waals surface area contributed by atoms with Crippen LogP contribution in [0.2, 0.25) is 0 Å². The van der Waals surface area contributed by atoms with Crippen molar-refractivity contribution in [3.8, 4) is 0 Å². The zero-order chi connectivity index (χ0) is 17.9. The van der Waals surface area contributed by atoms with Crippen molar-refractivity contribution in [2.45, 2.75) is 25.7 Å². The summed E-state index contributed by atoms with van der Waals surface area (Å²) in [7, 11) is 1.99. The van der Waals surface area contributed by atoms with Gasteiger partial charge in [0.1, 0.15) is 5.52 Å². The number of oxazole rings is 1. The fourth-order valence-corrected chi connectivity index (χ4v) is 4.29. The Morgan fingerprint density at radius 2 is 2.04 bits per heavy atom. The number of nitrogens with one attached hydrogen (secondary N) is 1. The molecule has 2 saturated heterocycles. The van der Waals surface area contributed by atoms with E-state index in [-0.39, 0.29) is 5.92 Å². The van der Waals surface area contributed by atoms with E-state index in [0.29, 0.717) is 17.8 Å². The van der Waals surface area contributed by atoms with Crippen molar-refractivity contribution in [1.82, 2.24) is 15.2 Å². The molecule has 4 rings (SSSR count). The first-order valence-electron chi connectivity index (χ1n) is 9.78. The lowest BCUT2D eigenvalue weighted by atomic mass is 9.92. The Bertz CT molecular complexity index is 716. The van der Waals surface area contributed by atoms with Crippen molar-refractivity contribution in [2.24, 2.45) is 11.8 Å². The molecule has 0 saturated carbocycles. The maximum absolute atomic E-state index is 12.9. The molecule has 0 spiro atoms. The van der Waals surface area contributed by atoms with Crippen molar-refractivity contribution in [2.75, 3.05) is 44.7 Å². The van der Waals surface area contributed by atoms with Crippen LogP contribution in [-0.2, 0) is 4.79 Å². The summed E-state index contributed by atoms with van der Waals surface area (Å²) < 4.78 is 5.87. The number of anilines is 1. The Morgan fingerprint density at radius 3 is 2.81 bits per heavy atom. The summed E-state index contributed by atoms with van der Waals surface area (Å²) in [6.07, 6.45) is 4.11. The lowest BCUT2D eigenvalue weighted by molar-refractivity contribution is -0.138. The molecule has 1 N–H and O–H groups in total. The first-order chi connectivity index (χ1) is 12.7. The number of carbonyl (C=O) groups excluding carboxylic acids is 1. The molecule has 1 atom stereocenters. The van der Waals surface area contributed by atoms with Crippen LogP contribution in [0, 0.1) is 11.8 Å². The number of rotatable bonds is 4. The van der Waals surface area contributed by atoms with Gasteiger partial charge in [-0.25, -0.2) is 0 Å². The number of piperidine rings is 2. The number of aromatic nitrogens is 1. The SMILES string of the molecule is CNCC1CCCN(C(=O)C2CCN(c3nc4ccccc4o3)CC2)C1. The average molecular weight is 356 g/mol. The smallest absolute Gasteiger partial charge is 0.298 e. The monoisotopic (exact) mass is 356 g/mol. The Morgan fingerprint density at radius 1 is 1.23 bits per heavy atom. The summed E-state index contributed by atoms with van der Waals surface area (Å²) in [6, 6.07) is 8.53. The van der Waals surface area contributed by atoms with E-state index in [1.54, 1.807) is 0 Å². The number of amides is 1. The lowest BCUT2D eigenvalue weighted by Gasteiger charge is -2.37. The van der Waals surface area contributed by atoms with Crippen LogP contribution in [0.5, 0.6) is 0 Å². The summed E-state index contributed by atoms with van der Waals surface area (Å²) in [4.78, 5) is 21.8. The zero-order valence-corrected chi connectivity index (χ0v) is 15.5. The van der Waals surface area contributed by atoms with Gasteiger partial charge in [-0.1, -0.05) is 12.1 Å².